The maximum Gasteiger partial charge on any atom is 0.323 e. The minimum absolute atomic E-state index is 0.189. The van der Waals surface area contributed by atoms with E-state index in [9.17, 15) is 14.4 Å². The van der Waals surface area contributed by atoms with Gasteiger partial charge in [-0.05, 0) is 53.9 Å². The summed E-state index contributed by atoms with van der Waals surface area (Å²) in [7, 11) is 1.64. The zero-order valence-corrected chi connectivity index (χ0v) is 19.1. The number of para-hydroxylation sites is 2. The summed E-state index contributed by atoms with van der Waals surface area (Å²) in [5.74, 6) is -0.557. The second kappa shape index (κ2) is 10.5. The van der Waals surface area contributed by atoms with Crippen molar-refractivity contribution >= 4 is 51.9 Å². The van der Waals surface area contributed by atoms with Crippen molar-refractivity contribution in [3.05, 3.63) is 107 Å². The number of carbonyl (C=O) groups is 3. The molecular weight excluding hydrogens is 448 g/mol. The average molecular weight is 471 g/mol. The van der Waals surface area contributed by atoms with E-state index >= 15 is 0 Å². The summed E-state index contributed by atoms with van der Waals surface area (Å²) in [6.45, 7) is 0. The van der Waals surface area contributed by atoms with Crippen LogP contribution in [-0.4, -0.2) is 24.9 Å². The summed E-state index contributed by atoms with van der Waals surface area (Å²) in [5, 5.41) is 10.2. The largest absolute Gasteiger partial charge is 0.323 e. The molecule has 0 bridgehead atoms. The first-order valence-electron chi connectivity index (χ1n) is 10.5. The van der Waals surface area contributed by atoms with Crippen LogP contribution < -0.4 is 20.9 Å². The van der Waals surface area contributed by atoms with Gasteiger partial charge in [0, 0.05) is 24.1 Å². The fraction of sp³-hybridized carbons (Fsp3) is 0.0385. The number of nitrogens with zero attached hydrogens (tertiary/aromatic N) is 1. The molecule has 3 aromatic carbocycles. The van der Waals surface area contributed by atoms with Crippen LogP contribution in [0.25, 0.3) is 0 Å². The molecule has 1 heterocycles. The van der Waals surface area contributed by atoms with Crippen LogP contribution in [0.1, 0.15) is 20.0 Å². The molecule has 34 heavy (non-hydrogen) atoms. The van der Waals surface area contributed by atoms with Gasteiger partial charge in [-0.2, -0.15) is 0 Å². The van der Waals surface area contributed by atoms with E-state index in [1.807, 2.05) is 29.6 Å². The van der Waals surface area contributed by atoms with E-state index in [0.717, 1.165) is 0 Å². The van der Waals surface area contributed by atoms with Crippen molar-refractivity contribution in [1.82, 2.24) is 0 Å². The van der Waals surface area contributed by atoms with Crippen molar-refractivity contribution in [3.8, 4) is 0 Å². The highest BCUT2D eigenvalue weighted by atomic mass is 32.1. The molecule has 4 amide bonds. The quantitative estimate of drug-likeness (QED) is 0.327. The van der Waals surface area contributed by atoms with Gasteiger partial charge in [-0.25, -0.2) is 4.79 Å². The van der Waals surface area contributed by atoms with E-state index in [0.29, 0.717) is 33.2 Å². The van der Waals surface area contributed by atoms with Crippen molar-refractivity contribution in [2.75, 3.05) is 27.9 Å². The molecule has 4 aromatic rings. The van der Waals surface area contributed by atoms with Gasteiger partial charge in [0.2, 0.25) is 0 Å². The first-order valence-corrected chi connectivity index (χ1v) is 11.3. The Morgan fingerprint density at radius 1 is 0.706 bits per heavy atom. The number of amides is 4. The second-order valence-electron chi connectivity index (χ2n) is 7.34. The van der Waals surface area contributed by atoms with Gasteiger partial charge >= 0.3 is 6.03 Å². The lowest BCUT2D eigenvalue weighted by atomic mass is 10.1. The topological polar surface area (TPSA) is 90.5 Å². The molecule has 7 nitrogen and oxygen atoms in total. The van der Waals surface area contributed by atoms with Gasteiger partial charge < -0.3 is 20.9 Å². The number of thiophene rings is 1. The molecular formula is C26H22N4O3S. The summed E-state index contributed by atoms with van der Waals surface area (Å²) in [6, 6.07) is 26.0. The molecule has 1 aromatic heterocycles. The van der Waals surface area contributed by atoms with E-state index in [-0.39, 0.29) is 11.8 Å². The van der Waals surface area contributed by atoms with Crippen LogP contribution in [0.2, 0.25) is 0 Å². The maximum absolute atomic E-state index is 13.1. The monoisotopic (exact) mass is 470 g/mol. The average Bonchev–Trinajstić information content (AvgIpc) is 3.39. The Hall–Kier alpha value is -4.43. The summed E-state index contributed by atoms with van der Waals surface area (Å²) in [6.07, 6.45) is 0. The lowest BCUT2D eigenvalue weighted by molar-refractivity contribution is 0.0996. The Morgan fingerprint density at radius 3 is 2.09 bits per heavy atom. The van der Waals surface area contributed by atoms with Crippen molar-refractivity contribution in [1.29, 1.82) is 0 Å². The van der Waals surface area contributed by atoms with Crippen LogP contribution in [-0.2, 0) is 0 Å². The van der Waals surface area contributed by atoms with Crippen molar-refractivity contribution < 1.29 is 14.4 Å². The van der Waals surface area contributed by atoms with Crippen LogP contribution in [0.3, 0.4) is 0 Å². The Labute approximate surface area is 201 Å². The van der Waals surface area contributed by atoms with Gasteiger partial charge in [-0.3, -0.25) is 9.59 Å². The van der Waals surface area contributed by atoms with Crippen molar-refractivity contribution in [2.24, 2.45) is 0 Å². The highest BCUT2D eigenvalue weighted by Gasteiger charge is 2.20. The van der Waals surface area contributed by atoms with E-state index in [1.54, 1.807) is 73.8 Å². The number of rotatable bonds is 6. The van der Waals surface area contributed by atoms with Gasteiger partial charge in [0.15, 0.2) is 0 Å². The number of hydrogen-bond acceptors (Lipinski definition) is 4. The number of benzene rings is 3. The molecule has 0 saturated carbocycles. The molecule has 0 fully saturated rings. The predicted molar refractivity (Wildman–Crippen MR) is 137 cm³/mol. The van der Waals surface area contributed by atoms with Gasteiger partial charge in [-0.15, -0.1) is 11.3 Å². The standard InChI is InChI=1S/C26H22N4O3S/c1-30(25(32)23-15-8-16-34-23)22-14-6-5-13-21(22)24(31)27-19-11-7-12-20(17-19)29-26(33)28-18-9-3-2-4-10-18/h2-17H,1H3,(H,27,31)(H2,28,29,33). The Balaban J connectivity index is 1.46. The second-order valence-corrected chi connectivity index (χ2v) is 8.29. The summed E-state index contributed by atoms with van der Waals surface area (Å²) in [5.41, 5.74) is 2.54. The molecule has 0 atom stereocenters. The molecule has 3 N–H and O–H groups in total. The lowest BCUT2D eigenvalue weighted by Crippen LogP contribution is -2.28. The molecule has 0 spiro atoms. The third-order valence-corrected chi connectivity index (χ3v) is 5.81. The Bertz CT molecular complexity index is 1310. The minimum Gasteiger partial charge on any atom is -0.322 e. The third kappa shape index (κ3) is 5.48. The van der Waals surface area contributed by atoms with Crippen LogP contribution in [0.4, 0.5) is 27.5 Å². The molecule has 0 aliphatic carbocycles. The normalized spacial score (nSPS) is 10.3. The lowest BCUT2D eigenvalue weighted by Gasteiger charge is -2.20. The fourth-order valence-corrected chi connectivity index (χ4v) is 4.02. The highest BCUT2D eigenvalue weighted by molar-refractivity contribution is 7.12. The maximum atomic E-state index is 13.1. The number of carbonyl (C=O) groups excluding carboxylic acids is 3. The molecule has 0 radical (unpaired) electrons. The SMILES string of the molecule is CN(C(=O)c1cccs1)c1ccccc1C(=O)Nc1cccc(NC(=O)Nc2ccccc2)c1. The van der Waals surface area contributed by atoms with Crippen LogP contribution >= 0.6 is 11.3 Å². The number of anilines is 4. The van der Waals surface area contributed by atoms with Gasteiger partial charge in [0.05, 0.1) is 16.1 Å². The molecule has 0 unspecified atom stereocenters. The third-order valence-electron chi connectivity index (χ3n) is 4.96. The number of hydrogen-bond donors (Lipinski definition) is 3. The zero-order valence-electron chi connectivity index (χ0n) is 18.3. The summed E-state index contributed by atoms with van der Waals surface area (Å²) in [4.78, 5) is 40.2. The van der Waals surface area contributed by atoms with Crippen LogP contribution in [0.15, 0.2) is 96.4 Å². The fourth-order valence-electron chi connectivity index (χ4n) is 3.32. The minimum atomic E-state index is -0.395. The Kier molecular flexibility index (Phi) is 7.00. The molecule has 4 rings (SSSR count). The zero-order chi connectivity index (χ0) is 23.9. The molecule has 0 aliphatic heterocycles. The summed E-state index contributed by atoms with van der Waals surface area (Å²) >= 11 is 1.35. The van der Waals surface area contributed by atoms with Crippen LogP contribution in [0, 0.1) is 0 Å². The molecule has 170 valence electrons. The van der Waals surface area contributed by atoms with Crippen molar-refractivity contribution in [3.63, 3.8) is 0 Å². The van der Waals surface area contributed by atoms with Gasteiger partial charge in [0.25, 0.3) is 11.8 Å². The van der Waals surface area contributed by atoms with E-state index in [2.05, 4.69) is 16.0 Å². The number of urea groups is 1. The molecule has 0 saturated heterocycles. The molecule has 8 heteroatoms. The smallest absolute Gasteiger partial charge is 0.322 e. The van der Waals surface area contributed by atoms with Crippen molar-refractivity contribution in [2.45, 2.75) is 0 Å². The summed E-state index contributed by atoms with van der Waals surface area (Å²) < 4.78 is 0. The number of nitrogens with one attached hydrogen (secondary N) is 3. The first-order chi connectivity index (χ1) is 16.5. The van der Waals surface area contributed by atoms with Crippen LogP contribution in [0.5, 0.6) is 0 Å². The van der Waals surface area contributed by atoms with Gasteiger partial charge in [0.1, 0.15) is 0 Å². The van der Waals surface area contributed by atoms with E-state index in [4.69, 9.17) is 0 Å². The predicted octanol–water partition coefficient (Wildman–Crippen LogP) is 5.92. The van der Waals surface area contributed by atoms with Gasteiger partial charge in [-0.1, -0.05) is 42.5 Å². The Morgan fingerprint density at radius 2 is 1.35 bits per heavy atom. The van der Waals surface area contributed by atoms with E-state index in [1.165, 1.54) is 16.2 Å². The first kappa shape index (κ1) is 22.8. The highest BCUT2D eigenvalue weighted by Crippen LogP contribution is 2.24. The van der Waals surface area contributed by atoms with E-state index < -0.39 is 6.03 Å². The molecule has 0 aliphatic rings.